The van der Waals surface area contributed by atoms with Gasteiger partial charge in [-0.1, -0.05) is 18.2 Å². The standard InChI is InChI=1S/C27H35N3O4/c31-23(5-6-24(32)33)30-16-27(21-3-1-2-4-22(21)30)7-9-29(10-8-27)26(34)28-25-19-12-17-11-18(14-19)15-20(25)13-17/h1-4,17-20,25H,5-16H2,(H,28,34)(H,32,33). The molecule has 1 spiro atoms. The summed E-state index contributed by atoms with van der Waals surface area (Å²) in [4.78, 5) is 40.8. The molecule has 1 aromatic rings. The van der Waals surface area contributed by atoms with Gasteiger partial charge in [-0.25, -0.2) is 4.79 Å². The van der Waals surface area contributed by atoms with E-state index in [0.717, 1.165) is 30.4 Å². The Balaban J connectivity index is 1.11. The van der Waals surface area contributed by atoms with Crippen molar-refractivity contribution in [1.29, 1.82) is 0 Å². The Kier molecular flexibility index (Phi) is 5.34. The van der Waals surface area contributed by atoms with Crippen LogP contribution in [0.25, 0.3) is 0 Å². The van der Waals surface area contributed by atoms with Gasteiger partial charge >= 0.3 is 12.0 Å². The number of carbonyl (C=O) groups excluding carboxylic acids is 2. The van der Waals surface area contributed by atoms with Crippen LogP contribution in [0.3, 0.4) is 0 Å². The van der Waals surface area contributed by atoms with Crippen molar-refractivity contribution in [3.05, 3.63) is 29.8 Å². The van der Waals surface area contributed by atoms with E-state index in [4.69, 9.17) is 5.11 Å². The number of likely N-dealkylation sites (tertiary alicyclic amines) is 1. The first-order chi connectivity index (χ1) is 16.4. The number of carboxylic acids is 1. The third-order valence-corrected chi connectivity index (χ3v) is 9.61. The van der Waals surface area contributed by atoms with E-state index >= 15 is 0 Å². The molecular weight excluding hydrogens is 430 g/mol. The molecule has 3 amide bonds. The fraction of sp³-hybridized carbons (Fsp3) is 0.667. The smallest absolute Gasteiger partial charge is 0.317 e. The molecule has 7 nitrogen and oxygen atoms in total. The van der Waals surface area contributed by atoms with Crippen molar-refractivity contribution in [2.24, 2.45) is 23.7 Å². The van der Waals surface area contributed by atoms with Gasteiger partial charge in [0.25, 0.3) is 0 Å². The summed E-state index contributed by atoms with van der Waals surface area (Å²) in [5.41, 5.74) is 1.92. The van der Waals surface area contributed by atoms with Crippen LogP contribution in [-0.2, 0) is 15.0 Å². The largest absolute Gasteiger partial charge is 0.481 e. The van der Waals surface area contributed by atoms with Crippen molar-refractivity contribution < 1.29 is 19.5 Å². The minimum Gasteiger partial charge on any atom is -0.481 e. The molecule has 7 rings (SSSR count). The Labute approximate surface area is 200 Å². The molecule has 1 aromatic carbocycles. The van der Waals surface area contributed by atoms with E-state index in [0.29, 0.717) is 37.5 Å². The summed E-state index contributed by atoms with van der Waals surface area (Å²) in [6.45, 7) is 1.95. The Morgan fingerprint density at radius 3 is 2.24 bits per heavy atom. The van der Waals surface area contributed by atoms with Crippen LogP contribution in [0.5, 0.6) is 0 Å². The fourth-order valence-electron chi connectivity index (χ4n) is 8.16. The highest BCUT2D eigenvalue weighted by molar-refractivity contribution is 5.97. The maximum absolute atomic E-state index is 13.3. The van der Waals surface area contributed by atoms with E-state index < -0.39 is 5.97 Å². The monoisotopic (exact) mass is 465 g/mol. The summed E-state index contributed by atoms with van der Waals surface area (Å²) < 4.78 is 0. The molecule has 7 heteroatoms. The molecule has 4 saturated carbocycles. The molecule has 1 saturated heterocycles. The molecule has 182 valence electrons. The first kappa shape index (κ1) is 21.9. The van der Waals surface area contributed by atoms with Crippen molar-refractivity contribution in [1.82, 2.24) is 10.2 Å². The highest BCUT2D eigenvalue weighted by Crippen LogP contribution is 2.54. The van der Waals surface area contributed by atoms with E-state index in [2.05, 4.69) is 11.4 Å². The van der Waals surface area contributed by atoms with E-state index in [1.165, 1.54) is 37.7 Å². The number of urea groups is 1. The third-order valence-electron chi connectivity index (χ3n) is 9.61. The lowest BCUT2D eigenvalue weighted by Crippen LogP contribution is -2.59. The SMILES string of the molecule is O=C(O)CCC(=O)N1CC2(CCN(C(=O)NC3C4CC5CC(C4)CC3C5)CC2)c2ccccc21. The third kappa shape index (κ3) is 3.68. The van der Waals surface area contributed by atoms with Gasteiger partial charge in [0.2, 0.25) is 5.91 Å². The summed E-state index contributed by atoms with van der Waals surface area (Å²) in [6, 6.07) is 8.46. The molecular formula is C27H35N3O4. The number of hydrogen-bond donors (Lipinski definition) is 2. The predicted octanol–water partition coefficient (Wildman–Crippen LogP) is 3.77. The molecule has 2 N–H and O–H groups in total. The summed E-state index contributed by atoms with van der Waals surface area (Å²) in [7, 11) is 0. The predicted molar refractivity (Wildman–Crippen MR) is 128 cm³/mol. The quantitative estimate of drug-likeness (QED) is 0.708. The van der Waals surface area contributed by atoms with Crippen LogP contribution in [0.4, 0.5) is 10.5 Å². The van der Waals surface area contributed by atoms with Crippen molar-refractivity contribution in [2.75, 3.05) is 24.5 Å². The topological polar surface area (TPSA) is 90.0 Å². The zero-order valence-corrected chi connectivity index (χ0v) is 19.7. The second-order valence-electron chi connectivity index (χ2n) is 11.6. The highest BCUT2D eigenvalue weighted by Gasteiger charge is 2.50. The highest BCUT2D eigenvalue weighted by atomic mass is 16.4. The van der Waals surface area contributed by atoms with Gasteiger partial charge in [-0.3, -0.25) is 9.59 Å². The van der Waals surface area contributed by atoms with Crippen LogP contribution in [0.1, 0.15) is 63.4 Å². The van der Waals surface area contributed by atoms with Crippen LogP contribution >= 0.6 is 0 Å². The number of nitrogens with one attached hydrogen (secondary N) is 1. The van der Waals surface area contributed by atoms with Gasteiger partial charge in [-0.2, -0.15) is 0 Å². The fourth-order valence-corrected chi connectivity index (χ4v) is 8.16. The van der Waals surface area contributed by atoms with E-state index in [-0.39, 0.29) is 30.2 Å². The Hall–Kier alpha value is -2.57. The Morgan fingerprint density at radius 1 is 0.941 bits per heavy atom. The van der Waals surface area contributed by atoms with Gasteiger partial charge in [-0.05, 0) is 80.2 Å². The first-order valence-corrected chi connectivity index (χ1v) is 13.1. The zero-order valence-electron chi connectivity index (χ0n) is 19.7. The lowest BCUT2D eigenvalue weighted by Gasteiger charge is -2.54. The Bertz CT molecular complexity index is 971. The maximum atomic E-state index is 13.3. The molecule has 2 aliphatic heterocycles. The second-order valence-corrected chi connectivity index (χ2v) is 11.6. The number of nitrogens with zero attached hydrogens (tertiary/aromatic N) is 2. The van der Waals surface area contributed by atoms with Crippen molar-refractivity contribution >= 4 is 23.6 Å². The lowest BCUT2D eigenvalue weighted by atomic mass is 9.54. The average molecular weight is 466 g/mol. The van der Waals surface area contributed by atoms with Crippen molar-refractivity contribution in [3.8, 4) is 0 Å². The molecule has 0 aromatic heterocycles. The first-order valence-electron chi connectivity index (χ1n) is 13.1. The number of amides is 3. The van der Waals surface area contributed by atoms with Gasteiger partial charge in [0.1, 0.15) is 0 Å². The Morgan fingerprint density at radius 2 is 1.59 bits per heavy atom. The summed E-state index contributed by atoms with van der Waals surface area (Å²) in [5.74, 6) is 2.05. The van der Waals surface area contributed by atoms with Gasteiger partial charge in [0, 0.05) is 43.2 Å². The number of carboxylic acid groups (broad SMARTS) is 1. The van der Waals surface area contributed by atoms with E-state index in [1.807, 2.05) is 23.1 Å². The zero-order chi connectivity index (χ0) is 23.4. The molecule has 2 heterocycles. The average Bonchev–Trinajstić information content (AvgIpc) is 3.14. The lowest BCUT2D eigenvalue weighted by molar-refractivity contribution is -0.138. The molecule has 0 radical (unpaired) electrons. The minimum atomic E-state index is -0.950. The van der Waals surface area contributed by atoms with Crippen LogP contribution < -0.4 is 10.2 Å². The molecule has 0 unspecified atom stereocenters. The van der Waals surface area contributed by atoms with Gasteiger partial charge in [-0.15, -0.1) is 0 Å². The van der Waals surface area contributed by atoms with Crippen LogP contribution in [-0.4, -0.2) is 53.6 Å². The summed E-state index contributed by atoms with van der Waals surface area (Å²) >= 11 is 0. The minimum absolute atomic E-state index is 0.0136. The van der Waals surface area contributed by atoms with Gasteiger partial charge < -0.3 is 20.2 Å². The van der Waals surface area contributed by atoms with E-state index in [1.54, 1.807) is 4.90 Å². The number of aliphatic carboxylic acids is 1. The molecule has 0 atom stereocenters. The number of piperidine rings is 1. The van der Waals surface area contributed by atoms with Gasteiger partial charge in [0.05, 0.1) is 6.42 Å². The van der Waals surface area contributed by atoms with Crippen molar-refractivity contribution in [3.63, 3.8) is 0 Å². The normalized spacial score (nSPS) is 32.6. The summed E-state index contributed by atoms with van der Waals surface area (Å²) in [6.07, 6.45) is 8.10. The number of fused-ring (bicyclic) bond motifs is 2. The van der Waals surface area contributed by atoms with E-state index in [9.17, 15) is 14.4 Å². The molecule has 4 aliphatic carbocycles. The molecule has 5 fully saturated rings. The molecule has 4 bridgehead atoms. The number of rotatable bonds is 4. The molecule has 34 heavy (non-hydrogen) atoms. The maximum Gasteiger partial charge on any atom is 0.317 e. The van der Waals surface area contributed by atoms with Crippen LogP contribution in [0, 0.1) is 23.7 Å². The summed E-state index contributed by atoms with van der Waals surface area (Å²) in [5, 5.41) is 12.4. The number of hydrogen-bond acceptors (Lipinski definition) is 3. The number of benzene rings is 1. The number of para-hydroxylation sites is 1. The second kappa shape index (κ2) is 8.28. The molecule has 6 aliphatic rings. The van der Waals surface area contributed by atoms with Gasteiger partial charge in [0.15, 0.2) is 0 Å². The number of anilines is 1. The van der Waals surface area contributed by atoms with Crippen molar-refractivity contribution in [2.45, 2.75) is 69.2 Å². The number of carbonyl (C=O) groups is 3. The van der Waals surface area contributed by atoms with Crippen LogP contribution in [0.2, 0.25) is 0 Å². The van der Waals surface area contributed by atoms with Crippen LogP contribution in [0.15, 0.2) is 24.3 Å².